The maximum atomic E-state index is 12.3. The van der Waals surface area contributed by atoms with E-state index in [0.29, 0.717) is 5.56 Å². The van der Waals surface area contributed by atoms with Gasteiger partial charge in [-0.2, -0.15) is 13.2 Å². The van der Waals surface area contributed by atoms with Crippen LogP contribution in [0.15, 0.2) is 24.3 Å². The largest absolute Gasteiger partial charge is 0.416 e. The van der Waals surface area contributed by atoms with E-state index in [4.69, 9.17) is 0 Å². The van der Waals surface area contributed by atoms with Crippen molar-refractivity contribution in [2.45, 2.75) is 26.9 Å². The van der Waals surface area contributed by atoms with Crippen molar-refractivity contribution in [3.63, 3.8) is 0 Å². The molecular weight excluding hydrogens is 213 g/mol. The summed E-state index contributed by atoms with van der Waals surface area (Å²) in [4.78, 5) is 0. The van der Waals surface area contributed by atoms with Gasteiger partial charge in [0, 0.05) is 11.0 Å². The van der Waals surface area contributed by atoms with Crippen molar-refractivity contribution >= 4 is 0 Å². The predicted molar refractivity (Wildman–Crippen MR) is 57.8 cm³/mol. The molecule has 0 spiro atoms. The number of hydrogen-bond acceptors (Lipinski definition) is 0. The molecule has 0 bridgehead atoms. The van der Waals surface area contributed by atoms with E-state index >= 15 is 0 Å². The molecule has 0 saturated heterocycles. The van der Waals surface area contributed by atoms with E-state index in [1.807, 2.05) is 20.8 Å². The van der Waals surface area contributed by atoms with Crippen molar-refractivity contribution in [1.29, 1.82) is 0 Å². The Balaban J connectivity index is 2.91. The van der Waals surface area contributed by atoms with Crippen LogP contribution >= 0.6 is 0 Å². The smallest absolute Gasteiger partial charge is 0.166 e. The summed E-state index contributed by atoms with van der Waals surface area (Å²) in [5, 5.41) is 0. The van der Waals surface area contributed by atoms with Crippen LogP contribution in [0.1, 0.15) is 31.9 Å². The minimum absolute atomic E-state index is 0.150. The molecule has 0 nitrogen and oxygen atoms in total. The first-order valence-electron chi connectivity index (χ1n) is 4.89. The SMILES string of the molecule is CC(C)(C)C#Cc1ccc(C(F)(F)F)cc1. The van der Waals surface area contributed by atoms with Crippen molar-refractivity contribution in [2.75, 3.05) is 0 Å². The Kier molecular flexibility index (Phi) is 3.32. The third-order valence-electron chi connectivity index (χ3n) is 1.79. The van der Waals surface area contributed by atoms with Crippen LogP contribution in [0.4, 0.5) is 13.2 Å². The number of halogens is 3. The quantitative estimate of drug-likeness (QED) is 0.584. The molecule has 3 heteroatoms. The van der Waals surface area contributed by atoms with Crippen LogP contribution in [-0.4, -0.2) is 0 Å². The van der Waals surface area contributed by atoms with Crippen molar-refractivity contribution in [1.82, 2.24) is 0 Å². The highest BCUT2D eigenvalue weighted by atomic mass is 19.4. The molecule has 0 heterocycles. The molecule has 86 valence electrons. The number of alkyl halides is 3. The van der Waals surface area contributed by atoms with Gasteiger partial charge < -0.3 is 0 Å². The lowest BCUT2D eigenvalue weighted by Gasteiger charge is -2.07. The van der Waals surface area contributed by atoms with Crippen LogP contribution in [0.2, 0.25) is 0 Å². The fourth-order valence-electron chi connectivity index (χ4n) is 1.00. The van der Waals surface area contributed by atoms with Gasteiger partial charge in [-0.15, -0.1) is 0 Å². The minimum atomic E-state index is -4.28. The molecule has 16 heavy (non-hydrogen) atoms. The first-order valence-corrected chi connectivity index (χ1v) is 4.89. The van der Waals surface area contributed by atoms with Crippen LogP contribution in [-0.2, 0) is 6.18 Å². The average Bonchev–Trinajstić information content (AvgIpc) is 2.13. The summed E-state index contributed by atoms with van der Waals surface area (Å²) < 4.78 is 36.8. The van der Waals surface area contributed by atoms with Crippen LogP contribution in [0, 0.1) is 17.3 Å². The third kappa shape index (κ3) is 3.98. The Labute approximate surface area is 93.5 Å². The zero-order chi connectivity index (χ0) is 12.4. The summed E-state index contributed by atoms with van der Waals surface area (Å²) >= 11 is 0. The second-order valence-corrected chi connectivity index (χ2v) is 4.58. The second-order valence-electron chi connectivity index (χ2n) is 4.58. The Bertz CT molecular complexity index is 408. The molecule has 0 aliphatic rings. The van der Waals surface area contributed by atoms with E-state index in [1.54, 1.807) is 0 Å². The van der Waals surface area contributed by atoms with Crippen molar-refractivity contribution in [3.8, 4) is 11.8 Å². The highest BCUT2D eigenvalue weighted by molar-refractivity contribution is 5.37. The van der Waals surface area contributed by atoms with E-state index in [0.717, 1.165) is 12.1 Å². The topological polar surface area (TPSA) is 0 Å². The molecule has 0 aromatic heterocycles. The molecule has 1 aromatic rings. The molecule has 1 rings (SSSR count). The molecule has 0 fully saturated rings. The van der Waals surface area contributed by atoms with Crippen molar-refractivity contribution in [3.05, 3.63) is 35.4 Å². The molecule has 0 N–H and O–H groups in total. The molecule has 1 aromatic carbocycles. The molecule has 0 aliphatic carbocycles. The van der Waals surface area contributed by atoms with Gasteiger partial charge in [-0.1, -0.05) is 11.8 Å². The van der Waals surface area contributed by atoms with Gasteiger partial charge in [0.1, 0.15) is 0 Å². The van der Waals surface area contributed by atoms with Crippen molar-refractivity contribution in [2.24, 2.45) is 5.41 Å². The summed E-state index contributed by atoms with van der Waals surface area (Å²) in [7, 11) is 0. The second kappa shape index (κ2) is 4.21. The monoisotopic (exact) mass is 226 g/mol. The van der Waals surface area contributed by atoms with Crippen LogP contribution < -0.4 is 0 Å². The summed E-state index contributed by atoms with van der Waals surface area (Å²) in [6, 6.07) is 4.88. The van der Waals surface area contributed by atoms with Crippen molar-refractivity contribution < 1.29 is 13.2 Å². The Hall–Kier alpha value is -1.43. The van der Waals surface area contributed by atoms with Crippen LogP contribution in [0.25, 0.3) is 0 Å². The van der Waals surface area contributed by atoms with Gasteiger partial charge in [0.15, 0.2) is 0 Å². The Morgan fingerprint density at radius 3 is 1.81 bits per heavy atom. The first-order chi connectivity index (χ1) is 7.18. The minimum Gasteiger partial charge on any atom is -0.166 e. The highest BCUT2D eigenvalue weighted by Gasteiger charge is 2.29. The molecule has 0 aliphatic heterocycles. The van der Waals surface area contributed by atoms with Gasteiger partial charge in [-0.3, -0.25) is 0 Å². The van der Waals surface area contributed by atoms with E-state index in [-0.39, 0.29) is 5.41 Å². The van der Waals surface area contributed by atoms with Gasteiger partial charge in [0.2, 0.25) is 0 Å². The maximum Gasteiger partial charge on any atom is 0.416 e. The van der Waals surface area contributed by atoms with E-state index in [1.165, 1.54) is 12.1 Å². The summed E-state index contributed by atoms with van der Waals surface area (Å²) in [6.45, 7) is 5.85. The lowest BCUT2D eigenvalue weighted by molar-refractivity contribution is -0.137. The van der Waals surface area contributed by atoms with Gasteiger partial charge in [0.05, 0.1) is 5.56 Å². The zero-order valence-electron chi connectivity index (χ0n) is 9.44. The number of rotatable bonds is 0. The molecule has 0 saturated carbocycles. The Morgan fingerprint density at radius 2 is 1.44 bits per heavy atom. The highest BCUT2D eigenvalue weighted by Crippen LogP contribution is 2.28. The van der Waals surface area contributed by atoms with E-state index < -0.39 is 11.7 Å². The fourth-order valence-corrected chi connectivity index (χ4v) is 1.00. The standard InChI is InChI=1S/C13H13F3/c1-12(2,3)9-8-10-4-6-11(7-5-10)13(14,15)16/h4-7H,1-3H3. The van der Waals surface area contributed by atoms with Gasteiger partial charge in [0.25, 0.3) is 0 Å². The zero-order valence-corrected chi connectivity index (χ0v) is 9.44. The average molecular weight is 226 g/mol. The normalized spacial score (nSPS) is 11.9. The molecular formula is C13H13F3. The molecule has 0 unspecified atom stereocenters. The number of benzene rings is 1. The van der Waals surface area contributed by atoms with Gasteiger partial charge in [-0.25, -0.2) is 0 Å². The first kappa shape index (κ1) is 12.6. The molecule has 0 radical (unpaired) electrons. The fraction of sp³-hybridized carbons (Fsp3) is 0.385. The summed E-state index contributed by atoms with van der Waals surface area (Å²) in [5.74, 6) is 5.81. The van der Waals surface area contributed by atoms with E-state index in [2.05, 4.69) is 11.8 Å². The van der Waals surface area contributed by atoms with Gasteiger partial charge in [-0.05, 0) is 45.0 Å². The molecule has 0 atom stereocenters. The third-order valence-corrected chi connectivity index (χ3v) is 1.79. The maximum absolute atomic E-state index is 12.3. The Morgan fingerprint density at radius 1 is 0.938 bits per heavy atom. The van der Waals surface area contributed by atoms with Gasteiger partial charge >= 0.3 is 6.18 Å². The van der Waals surface area contributed by atoms with Crippen LogP contribution in [0.3, 0.4) is 0 Å². The number of hydrogen-bond donors (Lipinski definition) is 0. The van der Waals surface area contributed by atoms with E-state index in [9.17, 15) is 13.2 Å². The predicted octanol–water partition coefficient (Wildman–Crippen LogP) is 4.10. The summed E-state index contributed by atoms with van der Waals surface area (Å²) in [6.07, 6.45) is -4.28. The summed E-state index contributed by atoms with van der Waals surface area (Å²) in [5.41, 5.74) is -0.195. The molecule has 0 amide bonds. The van der Waals surface area contributed by atoms with Crippen LogP contribution in [0.5, 0.6) is 0 Å². The lowest BCUT2D eigenvalue weighted by atomic mass is 9.97. The lowest BCUT2D eigenvalue weighted by Crippen LogP contribution is -2.04.